The number of amides is 1. The van der Waals surface area contributed by atoms with Crippen LogP contribution in [-0.2, 0) is 11.2 Å². The molecule has 6 nitrogen and oxygen atoms in total. The van der Waals surface area contributed by atoms with Gasteiger partial charge in [0.1, 0.15) is 5.75 Å². The summed E-state index contributed by atoms with van der Waals surface area (Å²) in [5, 5.41) is 13.5. The van der Waals surface area contributed by atoms with Crippen LogP contribution in [0.25, 0.3) is 0 Å². The first kappa shape index (κ1) is 18.1. The molecular formula is C21H18N2O4. The van der Waals surface area contributed by atoms with Crippen molar-refractivity contribution < 1.29 is 14.5 Å². The van der Waals surface area contributed by atoms with E-state index in [4.69, 9.17) is 4.74 Å². The lowest BCUT2D eigenvalue weighted by molar-refractivity contribution is -0.384. The van der Waals surface area contributed by atoms with Crippen molar-refractivity contribution in [1.29, 1.82) is 0 Å². The third-order valence-electron chi connectivity index (χ3n) is 3.92. The van der Waals surface area contributed by atoms with Crippen LogP contribution in [0.2, 0.25) is 0 Å². The van der Waals surface area contributed by atoms with Gasteiger partial charge < -0.3 is 10.1 Å². The summed E-state index contributed by atoms with van der Waals surface area (Å²) in [6, 6.07) is 20.7. The molecule has 136 valence electrons. The number of nitrogens with zero attached hydrogens (tertiary/aromatic N) is 1. The number of nitro benzene ring substituents is 1. The Hall–Kier alpha value is -3.67. The van der Waals surface area contributed by atoms with Crippen LogP contribution in [0.15, 0.2) is 72.8 Å². The molecule has 0 heterocycles. The van der Waals surface area contributed by atoms with Crippen LogP contribution < -0.4 is 10.1 Å². The Labute approximate surface area is 156 Å². The maximum Gasteiger partial charge on any atom is 0.269 e. The molecule has 0 aliphatic rings. The van der Waals surface area contributed by atoms with Crippen molar-refractivity contribution in [2.24, 2.45) is 0 Å². The molecule has 1 amide bonds. The largest absolute Gasteiger partial charge is 0.455 e. The summed E-state index contributed by atoms with van der Waals surface area (Å²) in [7, 11) is 0. The van der Waals surface area contributed by atoms with Gasteiger partial charge in [0.25, 0.3) is 5.69 Å². The topological polar surface area (TPSA) is 81.5 Å². The molecule has 0 bridgehead atoms. The fourth-order valence-corrected chi connectivity index (χ4v) is 2.51. The van der Waals surface area contributed by atoms with E-state index in [-0.39, 0.29) is 18.0 Å². The van der Waals surface area contributed by atoms with E-state index in [0.29, 0.717) is 22.7 Å². The maximum atomic E-state index is 12.3. The predicted molar refractivity (Wildman–Crippen MR) is 103 cm³/mol. The van der Waals surface area contributed by atoms with Crippen LogP contribution in [0.1, 0.15) is 11.1 Å². The van der Waals surface area contributed by atoms with Crippen molar-refractivity contribution in [2.75, 3.05) is 5.32 Å². The van der Waals surface area contributed by atoms with Crippen molar-refractivity contribution in [1.82, 2.24) is 0 Å². The first-order valence-electron chi connectivity index (χ1n) is 8.38. The van der Waals surface area contributed by atoms with Crippen LogP contribution >= 0.6 is 0 Å². The maximum absolute atomic E-state index is 12.3. The van der Waals surface area contributed by atoms with Crippen molar-refractivity contribution in [3.8, 4) is 11.5 Å². The van der Waals surface area contributed by atoms with E-state index < -0.39 is 4.92 Å². The van der Waals surface area contributed by atoms with Crippen LogP contribution in [0, 0.1) is 17.0 Å². The minimum Gasteiger partial charge on any atom is -0.455 e. The SMILES string of the molecule is Cc1ccc(Oc2ccccc2NC(=O)Cc2ccc([N+](=O)[O-])cc2)cc1. The number of non-ortho nitro benzene ring substituents is 1. The molecule has 0 saturated heterocycles. The van der Waals surface area contributed by atoms with Gasteiger partial charge in [0.2, 0.25) is 5.91 Å². The number of benzene rings is 3. The number of carbonyl (C=O) groups excluding carboxylic acids is 1. The average Bonchev–Trinajstić information content (AvgIpc) is 2.65. The molecule has 3 aromatic rings. The van der Waals surface area contributed by atoms with Gasteiger partial charge in [0.05, 0.1) is 17.0 Å². The number of nitro groups is 1. The third kappa shape index (κ3) is 4.92. The Bertz CT molecular complexity index is 951. The van der Waals surface area contributed by atoms with Crippen LogP contribution in [0.4, 0.5) is 11.4 Å². The molecular weight excluding hydrogens is 344 g/mol. The van der Waals surface area contributed by atoms with Gasteiger partial charge in [-0.1, -0.05) is 42.0 Å². The smallest absolute Gasteiger partial charge is 0.269 e. The molecule has 3 aromatic carbocycles. The minimum atomic E-state index is -0.470. The Morgan fingerprint density at radius 2 is 1.67 bits per heavy atom. The molecule has 6 heteroatoms. The monoisotopic (exact) mass is 362 g/mol. The number of rotatable bonds is 6. The van der Waals surface area contributed by atoms with Crippen LogP contribution in [-0.4, -0.2) is 10.8 Å². The highest BCUT2D eigenvalue weighted by molar-refractivity contribution is 5.93. The lowest BCUT2D eigenvalue weighted by atomic mass is 10.1. The highest BCUT2D eigenvalue weighted by Gasteiger charge is 2.11. The van der Waals surface area contributed by atoms with E-state index in [1.165, 1.54) is 12.1 Å². The van der Waals surface area contributed by atoms with E-state index in [9.17, 15) is 14.9 Å². The molecule has 0 spiro atoms. The summed E-state index contributed by atoms with van der Waals surface area (Å²) in [4.78, 5) is 22.6. The summed E-state index contributed by atoms with van der Waals surface area (Å²) >= 11 is 0. The van der Waals surface area contributed by atoms with Crippen molar-refractivity contribution in [3.05, 3.63) is 94.0 Å². The Kier molecular flexibility index (Phi) is 5.47. The number of para-hydroxylation sites is 2. The molecule has 27 heavy (non-hydrogen) atoms. The van der Waals surface area contributed by atoms with Gasteiger partial charge in [0, 0.05) is 12.1 Å². The second-order valence-electron chi connectivity index (χ2n) is 6.06. The van der Waals surface area contributed by atoms with Crippen molar-refractivity contribution in [3.63, 3.8) is 0 Å². The highest BCUT2D eigenvalue weighted by Crippen LogP contribution is 2.29. The van der Waals surface area contributed by atoms with Crippen LogP contribution in [0.3, 0.4) is 0 Å². The standard InChI is InChI=1S/C21H18N2O4/c1-15-6-12-18(13-7-15)27-20-5-3-2-4-19(20)22-21(24)14-16-8-10-17(11-9-16)23(25)26/h2-13H,14H2,1H3,(H,22,24). The lowest BCUT2D eigenvalue weighted by Gasteiger charge is -2.12. The average molecular weight is 362 g/mol. The fourth-order valence-electron chi connectivity index (χ4n) is 2.51. The van der Waals surface area contributed by atoms with Gasteiger partial charge in [-0.25, -0.2) is 0 Å². The van der Waals surface area contributed by atoms with E-state index in [1.807, 2.05) is 43.3 Å². The Morgan fingerprint density at radius 3 is 2.33 bits per heavy atom. The molecule has 0 aliphatic heterocycles. The first-order valence-corrected chi connectivity index (χ1v) is 8.38. The number of nitrogens with one attached hydrogen (secondary N) is 1. The minimum absolute atomic E-state index is 0.00370. The van der Waals surface area contributed by atoms with Gasteiger partial charge in [-0.2, -0.15) is 0 Å². The lowest BCUT2D eigenvalue weighted by Crippen LogP contribution is -2.14. The summed E-state index contributed by atoms with van der Waals surface area (Å²) in [6.07, 6.45) is 0.108. The normalized spacial score (nSPS) is 10.3. The number of anilines is 1. The summed E-state index contributed by atoms with van der Waals surface area (Å²) in [6.45, 7) is 2.00. The van der Waals surface area contributed by atoms with Crippen molar-refractivity contribution in [2.45, 2.75) is 13.3 Å². The molecule has 0 saturated carbocycles. The molecule has 0 aromatic heterocycles. The van der Waals surface area contributed by atoms with E-state index >= 15 is 0 Å². The van der Waals surface area contributed by atoms with Crippen molar-refractivity contribution >= 4 is 17.3 Å². The molecule has 0 atom stereocenters. The van der Waals surface area contributed by atoms with Gasteiger partial charge in [-0.05, 0) is 36.8 Å². The molecule has 0 unspecified atom stereocenters. The van der Waals surface area contributed by atoms with Crippen LogP contribution in [0.5, 0.6) is 11.5 Å². The second-order valence-corrected chi connectivity index (χ2v) is 6.06. The number of aryl methyl sites for hydroxylation is 1. The Balaban J connectivity index is 1.68. The number of hydrogen-bond donors (Lipinski definition) is 1. The highest BCUT2D eigenvalue weighted by atomic mass is 16.6. The molecule has 0 radical (unpaired) electrons. The summed E-state index contributed by atoms with van der Waals surface area (Å²) < 4.78 is 5.87. The Morgan fingerprint density at radius 1 is 1.00 bits per heavy atom. The van der Waals surface area contributed by atoms with Gasteiger partial charge in [-0.15, -0.1) is 0 Å². The second kappa shape index (κ2) is 8.14. The number of hydrogen-bond acceptors (Lipinski definition) is 4. The van der Waals surface area contributed by atoms with E-state index in [1.54, 1.807) is 24.3 Å². The van der Waals surface area contributed by atoms with E-state index in [0.717, 1.165) is 5.56 Å². The zero-order chi connectivity index (χ0) is 19.2. The predicted octanol–water partition coefficient (Wildman–Crippen LogP) is 4.88. The quantitative estimate of drug-likeness (QED) is 0.501. The number of ether oxygens (including phenoxy) is 1. The van der Waals surface area contributed by atoms with Gasteiger partial charge in [-0.3, -0.25) is 14.9 Å². The molecule has 3 rings (SSSR count). The molecule has 0 aliphatic carbocycles. The third-order valence-corrected chi connectivity index (χ3v) is 3.92. The first-order chi connectivity index (χ1) is 13.0. The molecule has 1 N–H and O–H groups in total. The number of carbonyl (C=O) groups is 1. The summed E-state index contributed by atoms with van der Waals surface area (Å²) in [5.41, 5.74) is 2.38. The van der Waals surface area contributed by atoms with Gasteiger partial charge in [0.15, 0.2) is 5.75 Å². The molecule has 0 fully saturated rings. The summed E-state index contributed by atoms with van der Waals surface area (Å²) in [5.74, 6) is 0.986. The fraction of sp³-hybridized carbons (Fsp3) is 0.0952. The van der Waals surface area contributed by atoms with Gasteiger partial charge >= 0.3 is 0 Å². The zero-order valence-electron chi connectivity index (χ0n) is 14.7. The van der Waals surface area contributed by atoms with E-state index in [2.05, 4.69) is 5.32 Å². The zero-order valence-corrected chi connectivity index (χ0v) is 14.7.